The molecule has 0 aliphatic heterocycles. The summed E-state index contributed by atoms with van der Waals surface area (Å²) in [6.07, 6.45) is 0.534. The number of carbonyl (C=O) groups is 2. The Morgan fingerprint density at radius 2 is 1.81 bits per heavy atom. The zero-order valence-electron chi connectivity index (χ0n) is 17.0. The second kappa shape index (κ2) is 11.2. The Bertz CT molecular complexity index is 571. The fourth-order valence-electron chi connectivity index (χ4n) is 2.09. The van der Waals surface area contributed by atoms with Gasteiger partial charge in [-0.1, -0.05) is 30.3 Å². The van der Waals surface area contributed by atoms with Gasteiger partial charge in [0.25, 0.3) is 0 Å². The van der Waals surface area contributed by atoms with E-state index in [-0.39, 0.29) is 25.9 Å². The third-order valence-corrected chi connectivity index (χ3v) is 4.00. The first kappa shape index (κ1) is 23.3. The van der Waals surface area contributed by atoms with Crippen molar-refractivity contribution in [2.24, 2.45) is 5.41 Å². The lowest BCUT2D eigenvalue weighted by Crippen LogP contribution is -2.43. The molecule has 0 radical (unpaired) electrons. The van der Waals surface area contributed by atoms with E-state index in [0.717, 1.165) is 5.56 Å². The number of hydrogen-bond acceptors (Lipinski definition) is 6. The van der Waals surface area contributed by atoms with Crippen LogP contribution in [0, 0.1) is 5.41 Å². The van der Waals surface area contributed by atoms with Gasteiger partial charge in [0.05, 0.1) is 25.9 Å². The number of esters is 1. The molecule has 0 spiro atoms. The van der Waals surface area contributed by atoms with E-state index < -0.39 is 17.0 Å². The lowest BCUT2D eigenvalue weighted by Gasteiger charge is -2.31. The van der Waals surface area contributed by atoms with Gasteiger partial charge in [0.15, 0.2) is 6.29 Å². The summed E-state index contributed by atoms with van der Waals surface area (Å²) in [4.78, 5) is 23.9. The second-order valence-corrected chi connectivity index (χ2v) is 7.41. The van der Waals surface area contributed by atoms with Crippen molar-refractivity contribution in [1.29, 1.82) is 0 Å². The molecule has 0 bridgehead atoms. The standard InChI is InChI=1S/C21H32O6/c1-6-24-12-17(2)26-15-21(5,16-27-20(3,4)14-22)19(23)25-13-18-10-8-7-9-11-18/h7-11,14,17H,6,12-13,15-16H2,1-5H3. The van der Waals surface area contributed by atoms with Crippen LogP contribution in [0.25, 0.3) is 0 Å². The van der Waals surface area contributed by atoms with E-state index in [0.29, 0.717) is 19.5 Å². The molecule has 0 heterocycles. The Balaban J connectivity index is 2.74. The van der Waals surface area contributed by atoms with Gasteiger partial charge in [-0.05, 0) is 40.2 Å². The molecule has 2 atom stereocenters. The predicted octanol–water partition coefficient (Wildman–Crippen LogP) is 3.17. The molecule has 0 amide bonds. The second-order valence-electron chi connectivity index (χ2n) is 7.41. The molecule has 0 aromatic heterocycles. The third kappa shape index (κ3) is 8.65. The summed E-state index contributed by atoms with van der Waals surface area (Å²) < 4.78 is 22.3. The van der Waals surface area contributed by atoms with Crippen molar-refractivity contribution in [1.82, 2.24) is 0 Å². The summed E-state index contributed by atoms with van der Waals surface area (Å²) in [5.74, 6) is -0.434. The third-order valence-electron chi connectivity index (χ3n) is 4.00. The Kier molecular flexibility index (Phi) is 9.63. The van der Waals surface area contributed by atoms with Gasteiger partial charge in [-0.3, -0.25) is 4.79 Å². The minimum Gasteiger partial charge on any atom is -0.460 e. The molecule has 6 heteroatoms. The summed E-state index contributed by atoms with van der Waals surface area (Å²) >= 11 is 0. The first-order valence-corrected chi connectivity index (χ1v) is 9.23. The Morgan fingerprint density at radius 3 is 2.41 bits per heavy atom. The van der Waals surface area contributed by atoms with Gasteiger partial charge < -0.3 is 23.7 Å². The smallest absolute Gasteiger partial charge is 0.316 e. The fraction of sp³-hybridized carbons (Fsp3) is 0.619. The molecule has 1 aromatic carbocycles. The zero-order chi connectivity index (χ0) is 20.3. The van der Waals surface area contributed by atoms with Crippen LogP contribution in [0.3, 0.4) is 0 Å². The van der Waals surface area contributed by atoms with E-state index >= 15 is 0 Å². The van der Waals surface area contributed by atoms with Crippen LogP contribution in [0.4, 0.5) is 0 Å². The van der Waals surface area contributed by atoms with Gasteiger partial charge in [-0.2, -0.15) is 0 Å². The number of hydrogen-bond donors (Lipinski definition) is 0. The summed E-state index contributed by atoms with van der Waals surface area (Å²) in [6, 6.07) is 9.44. The van der Waals surface area contributed by atoms with Crippen molar-refractivity contribution >= 4 is 12.3 Å². The number of ether oxygens (including phenoxy) is 4. The summed E-state index contributed by atoms with van der Waals surface area (Å²) in [5.41, 5.74) is -1.14. The van der Waals surface area contributed by atoms with E-state index in [9.17, 15) is 9.59 Å². The van der Waals surface area contributed by atoms with Gasteiger partial charge in [0.1, 0.15) is 17.6 Å². The monoisotopic (exact) mass is 380 g/mol. The molecule has 1 rings (SSSR count). The van der Waals surface area contributed by atoms with E-state index in [1.165, 1.54) is 0 Å². The molecule has 152 valence electrons. The van der Waals surface area contributed by atoms with Crippen LogP contribution in [0.1, 0.15) is 40.2 Å². The van der Waals surface area contributed by atoms with Crippen molar-refractivity contribution in [2.45, 2.75) is 52.9 Å². The molecule has 0 aliphatic rings. The molecule has 0 N–H and O–H groups in total. The summed E-state index contributed by atoms with van der Waals surface area (Å²) in [5, 5.41) is 0. The minimum absolute atomic E-state index is 0.00766. The molecule has 0 saturated carbocycles. The van der Waals surface area contributed by atoms with Gasteiger partial charge >= 0.3 is 5.97 Å². The Labute approximate surface area is 162 Å². The van der Waals surface area contributed by atoms with Crippen LogP contribution in [-0.4, -0.2) is 50.4 Å². The van der Waals surface area contributed by atoms with Crippen LogP contribution < -0.4 is 0 Å². The molecule has 0 fully saturated rings. The van der Waals surface area contributed by atoms with E-state index in [4.69, 9.17) is 18.9 Å². The summed E-state index contributed by atoms with van der Waals surface area (Å²) in [6.45, 7) is 10.1. The zero-order valence-corrected chi connectivity index (χ0v) is 17.0. The number of benzene rings is 1. The molecular formula is C21H32O6. The van der Waals surface area contributed by atoms with Crippen molar-refractivity contribution in [3.8, 4) is 0 Å². The predicted molar refractivity (Wildman–Crippen MR) is 102 cm³/mol. The maximum absolute atomic E-state index is 12.8. The molecule has 0 aliphatic carbocycles. The van der Waals surface area contributed by atoms with E-state index in [2.05, 4.69) is 0 Å². The number of aldehydes is 1. The normalized spacial score (nSPS) is 15.0. The molecule has 0 saturated heterocycles. The molecule has 2 unspecified atom stereocenters. The minimum atomic E-state index is -1.05. The first-order chi connectivity index (χ1) is 12.7. The highest BCUT2D eigenvalue weighted by molar-refractivity contribution is 5.77. The maximum Gasteiger partial charge on any atom is 0.316 e. The van der Waals surface area contributed by atoms with Gasteiger partial charge in [0.2, 0.25) is 0 Å². The van der Waals surface area contributed by atoms with Gasteiger partial charge in [-0.25, -0.2) is 0 Å². The van der Waals surface area contributed by atoms with Crippen LogP contribution in [-0.2, 0) is 35.1 Å². The Morgan fingerprint density at radius 1 is 1.15 bits per heavy atom. The van der Waals surface area contributed by atoms with Gasteiger partial charge in [-0.15, -0.1) is 0 Å². The average molecular weight is 380 g/mol. The Hall–Kier alpha value is -1.76. The van der Waals surface area contributed by atoms with E-state index in [1.54, 1.807) is 20.8 Å². The largest absolute Gasteiger partial charge is 0.460 e. The highest BCUT2D eigenvalue weighted by Gasteiger charge is 2.38. The van der Waals surface area contributed by atoms with Crippen molar-refractivity contribution < 1.29 is 28.5 Å². The first-order valence-electron chi connectivity index (χ1n) is 9.23. The lowest BCUT2D eigenvalue weighted by molar-refractivity contribution is -0.173. The highest BCUT2D eigenvalue weighted by Crippen LogP contribution is 2.24. The molecular weight excluding hydrogens is 348 g/mol. The van der Waals surface area contributed by atoms with Crippen molar-refractivity contribution in [3.05, 3.63) is 35.9 Å². The topological polar surface area (TPSA) is 71.1 Å². The van der Waals surface area contributed by atoms with E-state index in [1.807, 2.05) is 44.2 Å². The fourth-order valence-corrected chi connectivity index (χ4v) is 2.09. The molecule has 1 aromatic rings. The molecule has 6 nitrogen and oxygen atoms in total. The quantitative estimate of drug-likeness (QED) is 0.387. The number of rotatable bonds is 13. The number of carbonyl (C=O) groups excluding carboxylic acids is 2. The van der Waals surface area contributed by atoms with Crippen LogP contribution in [0.5, 0.6) is 0 Å². The van der Waals surface area contributed by atoms with Crippen LogP contribution in [0.2, 0.25) is 0 Å². The lowest BCUT2D eigenvalue weighted by atomic mass is 9.92. The highest BCUT2D eigenvalue weighted by atomic mass is 16.6. The summed E-state index contributed by atoms with van der Waals surface area (Å²) in [7, 11) is 0. The van der Waals surface area contributed by atoms with Crippen molar-refractivity contribution in [3.63, 3.8) is 0 Å². The average Bonchev–Trinajstić information content (AvgIpc) is 2.68. The van der Waals surface area contributed by atoms with Crippen LogP contribution in [0.15, 0.2) is 30.3 Å². The maximum atomic E-state index is 12.8. The van der Waals surface area contributed by atoms with Crippen molar-refractivity contribution in [2.75, 3.05) is 26.4 Å². The SMILES string of the molecule is CCOCC(C)OCC(C)(COC(C)(C)C=O)C(=O)OCc1ccccc1. The van der Waals surface area contributed by atoms with Crippen LogP contribution >= 0.6 is 0 Å². The molecule has 27 heavy (non-hydrogen) atoms. The van der Waals surface area contributed by atoms with Gasteiger partial charge in [0, 0.05) is 6.61 Å².